The Morgan fingerprint density at radius 3 is 2.81 bits per heavy atom. The monoisotopic (exact) mass is 308 g/mol. The number of aromatic amines is 1. The summed E-state index contributed by atoms with van der Waals surface area (Å²) >= 11 is 1.11. The van der Waals surface area contributed by atoms with Crippen LogP contribution in [0.5, 0.6) is 0 Å². The first kappa shape index (κ1) is 15.2. The average molecular weight is 308 g/mol. The molecular formula is C14H13FN2O3S. The number of carbonyl (C=O) groups excluding carboxylic acids is 1. The maximum absolute atomic E-state index is 13.6. The summed E-state index contributed by atoms with van der Waals surface area (Å²) in [4.78, 5) is 29.4. The molecule has 2 aromatic rings. The van der Waals surface area contributed by atoms with E-state index in [0.717, 1.165) is 11.8 Å². The number of carbonyl (C=O) groups is 1. The van der Waals surface area contributed by atoms with E-state index < -0.39 is 11.7 Å². The van der Waals surface area contributed by atoms with Crippen LogP contribution in [-0.4, -0.2) is 23.0 Å². The number of hydrogen-bond acceptors (Lipinski definition) is 5. The summed E-state index contributed by atoms with van der Waals surface area (Å²) in [5.41, 5.74) is 0.477. The number of aromatic nitrogens is 2. The summed E-state index contributed by atoms with van der Waals surface area (Å²) in [7, 11) is 1.25. The molecule has 0 fully saturated rings. The van der Waals surface area contributed by atoms with Gasteiger partial charge in [0.2, 0.25) is 0 Å². The van der Waals surface area contributed by atoms with Gasteiger partial charge in [-0.1, -0.05) is 18.2 Å². The second-order valence-electron chi connectivity index (χ2n) is 4.22. The van der Waals surface area contributed by atoms with Crippen molar-refractivity contribution in [2.75, 3.05) is 7.11 Å². The topological polar surface area (TPSA) is 72.0 Å². The molecule has 0 aliphatic heterocycles. The summed E-state index contributed by atoms with van der Waals surface area (Å²) in [6.07, 6.45) is 0. The fraction of sp³-hybridized carbons (Fsp3) is 0.214. The molecule has 0 saturated heterocycles. The van der Waals surface area contributed by atoms with Gasteiger partial charge in [-0.25, -0.2) is 14.0 Å². The summed E-state index contributed by atoms with van der Waals surface area (Å²) in [6, 6.07) is 6.31. The normalized spacial score (nSPS) is 10.4. The lowest BCUT2D eigenvalue weighted by Crippen LogP contribution is -2.19. The van der Waals surface area contributed by atoms with Crippen molar-refractivity contribution in [1.29, 1.82) is 0 Å². The summed E-state index contributed by atoms with van der Waals surface area (Å²) in [5, 5.41) is 0.228. The Labute approximate surface area is 124 Å². The molecule has 110 valence electrons. The van der Waals surface area contributed by atoms with Crippen LogP contribution in [0.15, 0.2) is 34.1 Å². The van der Waals surface area contributed by atoms with Crippen molar-refractivity contribution in [1.82, 2.24) is 9.97 Å². The zero-order chi connectivity index (χ0) is 15.4. The molecule has 2 rings (SSSR count). The van der Waals surface area contributed by atoms with Gasteiger partial charge in [0.25, 0.3) is 0 Å². The number of esters is 1. The zero-order valence-corrected chi connectivity index (χ0v) is 12.3. The van der Waals surface area contributed by atoms with Crippen molar-refractivity contribution >= 4 is 17.7 Å². The fourth-order valence-corrected chi connectivity index (χ4v) is 2.82. The second kappa shape index (κ2) is 6.53. The van der Waals surface area contributed by atoms with Gasteiger partial charge in [0.15, 0.2) is 0 Å². The number of nitrogens with zero attached hydrogens (tertiary/aromatic N) is 1. The maximum Gasteiger partial charge on any atom is 0.346 e. The number of thioether (sulfide) groups is 1. The van der Waals surface area contributed by atoms with Gasteiger partial charge in [-0.3, -0.25) is 0 Å². The van der Waals surface area contributed by atoms with E-state index in [1.807, 2.05) is 0 Å². The summed E-state index contributed by atoms with van der Waals surface area (Å²) in [5.74, 6) is -0.675. The van der Waals surface area contributed by atoms with E-state index >= 15 is 0 Å². The maximum atomic E-state index is 13.6. The number of hydrogen-bond donors (Lipinski definition) is 1. The van der Waals surface area contributed by atoms with Crippen LogP contribution >= 0.6 is 11.8 Å². The summed E-state index contributed by atoms with van der Waals surface area (Å²) in [6.45, 7) is 1.59. The lowest BCUT2D eigenvalue weighted by molar-refractivity contribution is 0.0594. The van der Waals surface area contributed by atoms with Crippen LogP contribution in [0.4, 0.5) is 4.39 Å². The van der Waals surface area contributed by atoms with Crippen LogP contribution in [-0.2, 0) is 10.5 Å². The lowest BCUT2D eigenvalue weighted by atomic mass is 10.2. The average Bonchev–Trinajstić information content (AvgIpc) is 2.45. The van der Waals surface area contributed by atoms with Gasteiger partial charge < -0.3 is 9.72 Å². The van der Waals surface area contributed by atoms with Gasteiger partial charge in [0, 0.05) is 11.4 Å². The molecule has 1 aromatic carbocycles. The number of nitrogens with one attached hydrogen (secondary N) is 1. The molecule has 1 aromatic heterocycles. The molecule has 0 bridgehead atoms. The first-order chi connectivity index (χ1) is 10.0. The Balaban J connectivity index is 2.33. The number of rotatable bonds is 4. The molecule has 0 spiro atoms. The third-order valence-corrected chi connectivity index (χ3v) is 3.82. The summed E-state index contributed by atoms with van der Waals surface area (Å²) < 4.78 is 18.3. The lowest BCUT2D eigenvalue weighted by Gasteiger charge is -2.09. The molecule has 0 amide bonds. The predicted octanol–water partition coefficient (Wildman–Crippen LogP) is 2.30. The second-order valence-corrected chi connectivity index (χ2v) is 5.18. The van der Waals surface area contributed by atoms with Gasteiger partial charge in [0.1, 0.15) is 16.4 Å². The molecule has 21 heavy (non-hydrogen) atoms. The first-order valence-electron chi connectivity index (χ1n) is 6.08. The Morgan fingerprint density at radius 1 is 1.43 bits per heavy atom. The Hall–Kier alpha value is -2.15. The van der Waals surface area contributed by atoms with Crippen molar-refractivity contribution in [2.24, 2.45) is 0 Å². The minimum absolute atomic E-state index is 0.193. The van der Waals surface area contributed by atoms with Crippen LogP contribution in [0.2, 0.25) is 0 Å². The molecule has 1 N–H and O–H groups in total. The Kier molecular flexibility index (Phi) is 4.74. The number of halogens is 1. The Bertz CT molecular complexity index is 730. The number of H-pyrrole nitrogens is 1. The third-order valence-electron chi connectivity index (χ3n) is 2.80. The molecule has 5 nitrogen and oxygen atoms in total. The van der Waals surface area contributed by atoms with Crippen molar-refractivity contribution in [2.45, 2.75) is 17.7 Å². The molecule has 0 unspecified atom stereocenters. The van der Waals surface area contributed by atoms with Gasteiger partial charge in [-0.15, -0.1) is 11.8 Å². The predicted molar refractivity (Wildman–Crippen MR) is 76.9 cm³/mol. The first-order valence-corrected chi connectivity index (χ1v) is 7.07. The van der Waals surface area contributed by atoms with Crippen molar-refractivity contribution in [3.8, 4) is 0 Å². The highest BCUT2D eigenvalue weighted by molar-refractivity contribution is 7.98. The SMILES string of the molecule is COC(=O)c1c(SCc2ccccc2F)nc(=O)[nH]c1C. The van der Waals surface area contributed by atoms with E-state index in [0.29, 0.717) is 11.3 Å². The van der Waals surface area contributed by atoms with E-state index in [2.05, 4.69) is 14.7 Å². The van der Waals surface area contributed by atoms with E-state index in [4.69, 9.17) is 0 Å². The van der Waals surface area contributed by atoms with Crippen molar-refractivity contribution < 1.29 is 13.9 Å². The minimum atomic E-state index is -0.590. The highest BCUT2D eigenvalue weighted by Gasteiger charge is 2.18. The van der Waals surface area contributed by atoms with Crippen LogP contribution in [0.3, 0.4) is 0 Å². The van der Waals surface area contributed by atoms with Gasteiger partial charge in [0.05, 0.1) is 7.11 Å². The van der Waals surface area contributed by atoms with Crippen molar-refractivity contribution in [3.05, 3.63) is 57.4 Å². The third kappa shape index (κ3) is 3.49. The zero-order valence-electron chi connectivity index (χ0n) is 11.5. The number of benzene rings is 1. The van der Waals surface area contributed by atoms with Crippen LogP contribution < -0.4 is 5.69 Å². The van der Waals surface area contributed by atoms with E-state index in [9.17, 15) is 14.0 Å². The largest absolute Gasteiger partial charge is 0.465 e. The molecule has 0 radical (unpaired) electrons. The number of ether oxygens (including phenoxy) is 1. The van der Waals surface area contributed by atoms with Gasteiger partial charge in [-0.2, -0.15) is 4.98 Å². The molecule has 0 saturated carbocycles. The molecule has 0 atom stereocenters. The molecule has 0 aliphatic rings. The highest BCUT2D eigenvalue weighted by atomic mass is 32.2. The van der Waals surface area contributed by atoms with Crippen LogP contribution in [0.1, 0.15) is 21.6 Å². The van der Waals surface area contributed by atoms with E-state index in [1.165, 1.54) is 13.2 Å². The Morgan fingerprint density at radius 2 is 2.14 bits per heavy atom. The quantitative estimate of drug-likeness (QED) is 0.533. The molecule has 1 heterocycles. The number of aryl methyl sites for hydroxylation is 1. The highest BCUT2D eigenvalue weighted by Crippen LogP contribution is 2.26. The smallest absolute Gasteiger partial charge is 0.346 e. The van der Waals surface area contributed by atoms with Crippen molar-refractivity contribution in [3.63, 3.8) is 0 Å². The molecule has 0 aliphatic carbocycles. The number of methoxy groups -OCH3 is 1. The van der Waals surface area contributed by atoms with Crippen LogP contribution in [0.25, 0.3) is 0 Å². The fourth-order valence-electron chi connectivity index (χ4n) is 1.77. The van der Waals surface area contributed by atoms with Crippen LogP contribution in [0, 0.1) is 12.7 Å². The molecule has 7 heteroatoms. The standard InChI is InChI=1S/C14H13FN2O3S/c1-8-11(13(18)20-2)12(17-14(19)16-8)21-7-9-5-3-4-6-10(9)15/h3-6H,7H2,1-2H3,(H,16,17,19). The molecular weight excluding hydrogens is 295 g/mol. The van der Waals surface area contributed by atoms with E-state index in [-0.39, 0.29) is 22.2 Å². The van der Waals surface area contributed by atoms with Gasteiger partial charge in [-0.05, 0) is 18.6 Å². The van der Waals surface area contributed by atoms with Gasteiger partial charge >= 0.3 is 11.7 Å². The van der Waals surface area contributed by atoms with E-state index in [1.54, 1.807) is 25.1 Å². The minimum Gasteiger partial charge on any atom is -0.465 e.